The van der Waals surface area contributed by atoms with Crippen molar-refractivity contribution in [2.24, 2.45) is 0 Å². The Kier molecular flexibility index (Phi) is 4.93. The van der Waals surface area contributed by atoms with Gasteiger partial charge in [0, 0.05) is 0 Å². The van der Waals surface area contributed by atoms with Gasteiger partial charge in [-0.1, -0.05) is 23.7 Å². The molecule has 0 N–H and O–H groups in total. The zero-order valence-electron chi connectivity index (χ0n) is 14.3. The van der Waals surface area contributed by atoms with Gasteiger partial charge in [0.25, 0.3) is 0 Å². The normalized spacial score (nSPS) is 12.6. The van der Waals surface area contributed by atoms with Gasteiger partial charge in [0.2, 0.25) is 0 Å². The number of hydrogen-bond acceptors (Lipinski definition) is 6. The van der Waals surface area contributed by atoms with Crippen LogP contribution in [0.3, 0.4) is 0 Å². The predicted molar refractivity (Wildman–Crippen MR) is 97.1 cm³/mol. The van der Waals surface area contributed by atoms with E-state index in [1.807, 2.05) is 12.1 Å². The lowest BCUT2D eigenvalue weighted by atomic mass is 10.1. The van der Waals surface area contributed by atoms with Gasteiger partial charge in [0.1, 0.15) is 32.5 Å². The summed E-state index contributed by atoms with van der Waals surface area (Å²) >= 11 is 6.20. The Labute approximate surface area is 160 Å². The first-order valence-corrected chi connectivity index (χ1v) is 8.73. The van der Waals surface area contributed by atoms with Crippen molar-refractivity contribution in [2.45, 2.75) is 13.2 Å². The SMILES string of the molecule is O=C(OCc1cc(Cl)c2c(c1)OCCO2)c1ccc(Cn2cncn2)cc1. The molecule has 0 aliphatic carbocycles. The minimum Gasteiger partial charge on any atom is -0.486 e. The second-order valence-electron chi connectivity index (χ2n) is 5.97. The minimum atomic E-state index is -0.409. The van der Waals surface area contributed by atoms with Gasteiger partial charge in [-0.2, -0.15) is 5.10 Å². The number of halogens is 1. The minimum absolute atomic E-state index is 0.0932. The Hall–Kier alpha value is -3.06. The van der Waals surface area contributed by atoms with Crippen LogP contribution in [0, 0.1) is 0 Å². The molecule has 4 rings (SSSR count). The molecule has 0 saturated carbocycles. The van der Waals surface area contributed by atoms with E-state index in [0.29, 0.717) is 41.8 Å². The van der Waals surface area contributed by atoms with Crippen LogP contribution in [0.25, 0.3) is 0 Å². The van der Waals surface area contributed by atoms with E-state index in [4.69, 9.17) is 25.8 Å². The van der Waals surface area contributed by atoms with E-state index in [-0.39, 0.29) is 6.61 Å². The van der Waals surface area contributed by atoms with E-state index in [1.165, 1.54) is 6.33 Å². The van der Waals surface area contributed by atoms with Gasteiger partial charge < -0.3 is 14.2 Å². The summed E-state index contributed by atoms with van der Waals surface area (Å²) < 4.78 is 18.1. The number of carbonyl (C=O) groups excluding carboxylic acids is 1. The molecule has 27 heavy (non-hydrogen) atoms. The van der Waals surface area contributed by atoms with Crippen LogP contribution >= 0.6 is 11.6 Å². The Bertz CT molecular complexity index is 942. The highest BCUT2D eigenvalue weighted by molar-refractivity contribution is 6.32. The molecular weight excluding hydrogens is 370 g/mol. The summed E-state index contributed by atoms with van der Waals surface area (Å²) in [7, 11) is 0. The summed E-state index contributed by atoms with van der Waals surface area (Å²) in [5.41, 5.74) is 2.22. The molecule has 0 spiro atoms. The van der Waals surface area contributed by atoms with Gasteiger partial charge in [0.05, 0.1) is 17.1 Å². The average molecular weight is 386 g/mol. The van der Waals surface area contributed by atoms with E-state index in [2.05, 4.69) is 10.1 Å². The van der Waals surface area contributed by atoms with Crippen molar-refractivity contribution in [3.8, 4) is 11.5 Å². The summed E-state index contributed by atoms with van der Waals surface area (Å²) in [5, 5.41) is 4.49. The number of ether oxygens (including phenoxy) is 3. The quantitative estimate of drug-likeness (QED) is 0.628. The lowest BCUT2D eigenvalue weighted by Gasteiger charge is -2.20. The van der Waals surface area contributed by atoms with Crippen LogP contribution in [0.4, 0.5) is 0 Å². The molecule has 0 radical (unpaired) electrons. The largest absolute Gasteiger partial charge is 0.486 e. The number of fused-ring (bicyclic) bond motifs is 1. The number of carbonyl (C=O) groups is 1. The molecule has 8 heteroatoms. The van der Waals surface area contributed by atoms with Gasteiger partial charge in [0.15, 0.2) is 11.5 Å². The van der Waals surface area contributed by atoms with E-state index >= 15 is 0 Å². The first kappa shape index (κ1) is 17.4. The third kappa shape index (κ3) is 4.03. The fourth-order valence-electron chi connectivity index (χ4n) is 2.73. The first-order valence-electron chi connectivity index (χ1n) is 8.35. The molecule has 0 unspecified atom stereocenters. The number of nitrogens with zero attached hydrogens (tertiary/aromatic N) is 3. The molecule has 1 aliphatic heterocycles. The molecule has 7 nitrogen and oxygen atoms in total. The summed E-state index contributed by atoms with van der Waals surface area (Å²) in [6, 6.07) is 10.7. The number of esters is 1. The molecule has 2 heterocycles. The molecule has 138 valence electrons. The summed E-state index contributed by atoms with van der Waals surface area (Å²) in [6.07, 6.45) is 3.12. The highest BCUT2D eigenvalue weighted by atomic mass is 35.5. The van der Waals surface area contributed by atoms with Gasteiger partial charge in [-0.15, -0.1) is 0 Å². The van der Waals surface area contributed by atoms with Crippen molar-refractivity contribution in [2.75, 3.05) is 13.2 Å². The van der Waals surface area contributed by atoms with Crippen molar-refractivity contribution in [3.05, 3.63) is 70.8 Å². The molecule has 2 aromatic carbocycles. The molecule has 0 amide bonds. The zero-order chi connectivity index (χ0) is 18.6. The van der Waals surface area contributed by atoms with Gasteiger partial charge >= 0.3 is 5.97 Å². The monoisotopic (exact) mass is 385 g/mol. The predicted octanol–water partition coefficient (Wildman–Crippen LogP) is 3.11. The Morgan fingerprint density at radius 1 is 1.15 bits per heavy atom. The molecule has 1 aromatic heterocycles. The standard InChI is InChI=1S/C19H16ClN3O4/c20-16-7-14(8-17-18(16)26-6-5-25-17)10-27-19(24)15-3-1-13(2-4-15)9-23-12-21-11-22-23/h1-4,7-8,11-12H,5-6,9-10H2. The van der Waals surface area contributed by atoms with Crippen LogP contribution in [0.2, 0.25) is 5.02 Å². The van der Waals surface area contributed by atoms with Crippen LogP contribution in [-0.2, 0) is 17.9 Å². The second-order valence-corrected chi connectivity index (χ2v) is 6.38. The lowest BCUT2D eigenvalue weighted by Crippen LogP contribution is -2.16. The van der Waals surface area contributed by atoms with Crippen molar-refractivity contribution in [3.63, 3.8) is 0 Å². The van der Waals surface area contributed by atoms with Gasteiger partial charge in [-0.3, -0.25) is 0 Å². The fraction of sp³-hybridized carbons (Fsp3) is 0.211. The fourth-order valence-corrected chi connectivity index (χ4v) is 3.02. The number of aromatic nitrogens is 3. The third-order valence-electron chi connectivity index (χ3n) is 4.03. The topological polar surface area (TPSA) is 75.5 Å². The van der Waals surface area contributed by atoms with E-state index in [0.717, 1.165) is 11.1 Å². The highest BCUT2D eigenvalue weighted by Crippen LogP contribution is 2.38. The third-order valence-corrected chi connectivity index (χ3v) is 4.31. The molecule has 1 aliphatic rings. The molecule has 3 aromatic rings. The van der Waals surface area contributed by atoms with E-state index in [1.54, 1.807) is 35.3 Å². The zero-order valence-corrected chi connectivity index (χ0v) is 15.1. The Morgan fingerprint density at radius 3 is 2.74 bits per heavy atom. The van der Waals surface area contributed by atoms with Crippen molar-refractivity contribution in [1.29, 1.82) is 0 Å². The molecule has 0 fully saturated rings. The van der Waals surface area contributed by atoms with Crippen LogP contribution < -0.4 is 9.47 Å². The Balaban J connectivity index is 1.38. The van der Waals surface area contributed by atoms with Crippen LogP contribution in [-0.4, -0.2) is 33.9 Å². The maximum atomic E-state index is 12.3. The van der Waals surface area contributed by atoms with Gasteiger partial charge in [-0.05, 0) is 35.4 Å². The van der Waals surface area contributed by atoms with Crippen molar-refractivity contribution >= 4 is 17.6 Å². The summed E-state index contributed by atoms with van der Waals surface area (Å²) in [6.45, 7) is 1.61. The van der Waals surface area contributed by atoms with Crippen LogP contribution in [0.1, 0.15) is 21.5 Å². The van der Waals surface area contributed by atoms with Crippen molar-refractivity contribution < 1.29 is 19.0 Å². The van der Waals surface area contributed by atoms with E-state index < -0.39 is 5.97 Å². The molecule has 0 saturated heterocycles. The van der Waals surface area contributed by atoms with Crippen molar-refractivity contribution in [1.82, 2.24) is 14.8 Å². The Morgan fingerprint density at radius 2 is 1.96 bits per heavy atom. The van der Waals surface area contributed by atoms with E-state index in [9.17, 15) is 4.79 Å². The number of benzene rings is 2. The average Bonchev–Trinajstić information content (AvgIpc) is 3.20. The van der Waals surface area contributed by atoms with Gasteiger partial charge in [-0.25, -0.2) is 14.5 Å². The maximum Gasteiger partial charge on any atom is 0.338 e. The summed E-state index contributed by atoms with van der Waals surface area (Å²) in [5.74, 6) is 0.687. The van der Waals surface area contributed by atoms with Crippen LogP contribution in [0.15, 0.2) is 49.1 Å². The number of hydrogen-bond donors (Lipinski definition) is 0. The maximum absolute atomic E-state index is 12.3. The summed E-state index contributed by atoms with van der Waals surface area (Å²) in [4.78, 5) is 16.2. The molecule has 0 atom stereocenters. The second kappa shape index (κ2) is 7.67. The molecule has 0 bridgehead atoms. The first-order chi connectivity index (χ1) is 13.2. The molecular formula is C19H16ClN3O4. The lowest BCUT2D eigenvalue weighted by molar-refractivity contribution is 0.0472. The highest BCUT2D eigenvalue weighted by Gasteiger charge is 2.17. The smallest absolute Gasteiger partial charge is 0.338 e. The number of rotatable bonds is 5. The van der Waals surface area contributed by atoms with Crippen LogP contribution in [0.5, 0.6) is 11.5 Å².